The van der Waals surface area contributed by atoms with Crippen LogP contribution in [0.15, 0.2) is 42.5 Å². The molecule has 1 atom stereocenters. The van der Waals surface area contributed by atoms with Gasteiger partial charge in [-0.25, -0.2) is 0 Å². The highest BCUT2D eigenvalue weighted by Gasteiger charge is 2.09. The zero-order chi connectivity index (χ0) is 14.7. The summed E-state index contributed by atoms with van der Waals surface area (Å²) in [7, 11) is 4.14. The van der Waals surface area contributed by atoms with Gasteiger partial charge in [-0.15, -0.1) is 0 Å². The Morgan fingerprint density at radius 1 is 0.950 bits per heavy atom. The molecule has 2 heteroatoms. The van der Waals surface area contributed by atoms with E-state index in [1.165, 1.54) is 28.1 Å². The maximum absolute atomic E-state index is 3.62. The Balaban J connectivity index is 2.25. The molecule has 0 amide bonds. The highest BCUT2D eigenvalue weighted by atomic mass is 15.1. The van der Waals surface area contributed by atoms with Gasteiger partial charge in [0.1, 0.15) is 0 Å². The van der Waals surface area contributed by atoms with Crippen LogP contribution in [0.5, 0.6) is 0 Å². The van der Waals surface area contributed by atoms with E-state index in [0.29, 0.717) is 0 Å². The van der Waals surface area contributed by atoms with E-state index in [1.807, 2.05) is 0 Å². The summed E-state index contributed by atoms with van der Waals surface area (Å²) in [6, 6.07) is 15.4. The first kappa shape index (κ1) is 14.4. The van der Waals surface area contributed by atoms with E-state index < -0.39 is 0 Å². The Morgan fingerprint density at radius 2 is 1.55 bits per heavy atom. The van der Waals surface area contributed by atoms with Crippen LogP contribution in [-0.4, -0.2) is 14.1 Å². The molecular formula is C18H24N2. The zero-order valence-corrected chi connectivity index (χ0v) is 13.1. The molecule has 0 aliphatic carbocycles. The smallest absolute Gasteiger partial charge is 0.0596 e. The molecule has 0 radical (unpaired) electrons. The lowest BCUT2D eigenvalue weighted by atomic mass is 10.0. The third-order valence-corrected chi connectivity index (χ3v) is 3.50. The van der Waals surface area contributed by atoms with Gasteiger partial charge in [0.15, 0.2) is 0 Å². The van der Waals surface area contributed by atoms with Crippen molar-refractivity contribution in [1.82, 2.24) is 0 Å². The normalized spacial score (nSPS) is 12.1. The molecule has 0 spiro atoms. The van der Waals surface area contributed by atoms with Crippen molar-refractivity contribution in [1.29, 1.82) is 0 Å². The fraction of sp³-hybridized carbons (Fsp3) is 0.333. The molecule has 2 aromatic rings. The van der Waals surface area contributed by atoms with E-state index in [0.717, 1.165) is 0 Å². The number of hydrogen-bond donors (Lipinski definition) is 1. The second-order valence-corrected chi connectivity index (χ2v) is 5.70. The maximum atomic E-state index is 3.62. The van der Waals surface area contributed by atoms with Gasteiger partial charge in [-0.3, -0.25) is 0 Å². The largest absolute Gasteiger partial charge is 0.377 e. The Labute approximate surface area is 122 Å². The van der Waals surface area contributed by atoms with Crippen LogP contribution >= 0.6 is 0 Å². The Hall–Kier alpha value is -1.96. The van der Waals surface area contributed by atoms with Crippen LogP contribution in [0.4, 0.5) is 11.4 Å². The number of nitrogens with zero attached hydrogens (tertiary/aromatic N) is 1. The molecule has 0 bridgehead atoms. The number of para-hydroxylation sites is 2. The predicted molar refractivity (Wildman–Crippen MR) is 88.7 cm³/mol. The second kappa shape index (κ2) is 6.00. The van der Waals surface area contributed by atoms with Crippen LogP contribution in [-0.2, 0) is 0 Å². The van der Waals surface area contributed by atoms with Crippen molar-refractivity contribution in [3.63, 3.8) is 0 Å². The minimum atomic E-state index is 0.287. The molecule has 0 aliphatic rings. The molecule has 2 rings (SSSR count). The third-order valence-electron chi connectivity index (χ3n) is 3.50. The van der Waals surface area contributed by atoms with Crippen molar-refractivity contribution in [2.24, 2.45) is 0 Å². The Bertz CT molecular complexity index is 567. The van der Waals surface area contributed by atoms with Crippen LogP contribution in [0.25, 0.3) is 0 Å². The number of benzene rings is 2. The van der Waals surface area contributed by atoms with Crippen LogP contribution in [0.2, 0.25) is 0 Å². The summed E-state index contributed by atoms with van der Waals surface area (Å²) in [6.45, 7) is 6.51. The summed E-state index contributed by atoms with van der Waals surface area (Å²) in [4.78, 5) is 2.14. The molecule has 2 aromatic carbocycles. The van der Waals surface area contributed by atoms with E-state index >= 15 is 0 Å². The molecule has 1 unspecified atom stereocenters. The van der Waals surface area contributed by atoms with E-state index in [1.54, 1.807) is 0 Å². The number of aryl methyl sites for hydroxylation is 2. The summed E-state index contributed by atoms with van der Waals surface area (Å²) >= 11 is 0. The highest BCUT2D eigenvalue weighted by Crippen LogP contribution is 2.28. The molecule has 0 saturated heterocycles. The fourth-order valence-electron chi connectivity index (χ4n) is 2.56. The van der Waals surface area contributed by atoms with Crippen LogP contribution < -0.4 is 10.2 Å². The molecule has 0 aliphatic heterocycles. The average Bonchev–Trinajstić information content (AvgIpc) is 2.37. The predicted octanol–water partition coefficient (Wildman–Crippen LogP) is 4.54. The molecular weight excluding hydrogens is 244 g/mol. The average molecular weight is 268 g/mol. The summed E-state index contributed by atoms with van der Waals surface area (Å²) in [6.07, 6.45) is 0. The van der Waals surface area contributed by atoms with E-state index in [4.69, 9.17) is 0 Å². The molecule has 0 heterocycles. The van der Waals surface area contributed by atoms with Gasteiger partial charge in [-0.1, -0.05) is 41.5 Å². The van der Waals surface area contributed by atoms with Crippen molar-refractivity contribution in [2.75, 3.05) is 24.3 Å². The lowest BCUT2D eigenvalue weighted by Crippen LogP contribution is -2.14. The fourth-order valence-corrected chi connectivity index (χ4v) is 2.56. The third kappa shape index (κ3) is 3.32. The molecule has 1 N–H and O–H groups in total. The highest BCUT2D eigenvalue weighted by molar-refractivity contribution is 5.69. The monoisotopic (exact) mass is 268 g/mol. The van der Waals surface area contributed by atoms with E-state index in [-0.39, 0.29) is 6.04 Å². The van der Waals surface area contributed by atoms with E-state index in [9.17, 15) is 0 Å². The first-order chi connectivity index (χ1) is 9.47. The first-order valence-electron chi connectivity index (χ1n) is 7.08. The van der Waals surface area contributed by atoms with Crippen molar-refractivity contribution in [3.05, 3.63) is 59.2 Å². The van der Waals surface area contributed by atoms with Gasteiger partial charge in [-0.2, -0.15) is 0 Å². The van der Waals surface area contributed by atoms with Crippen LogP contribution in [0.1, 0.15) is 29.7 Å². The van der Waals surface area contributed by atoms with Crippen LogP contribution in [0, 0.1) is 13.8 Å². The topological polar surface area (TPSA) is 15.3 Å². The molecule has 0 aromatic heterocycles. The minimum Gasteiger partial charge on any atom is -0.377 e. The summed E-state index contributed by atoms with van der Waals surface area (Å²) in [5.41, 5.74) is 6.34. The molecule has 20 heavy (non-hydrogen) atoms. The number of anilines is 2. The van der Waals surface area contributed by atoms with Gasteiger partial charge in [0.25, 0.3) is 0 Å². The van der Waals surface area contributed by atoms with Gasteiger partial charge < -0.3 is 10.2 Å². The van der Waals surface area contributed by atoms with Gasteiger partial charge in [0.05, 0.1) is 11.4 Å². The maximum Gasteiger partial charge on any atom is 0.0596 e. The lowest BCUT2D eigenvalue weighted by Gasteiger charge is -2.22. The van der Waals surface area contributed by atoms with Gasteiger partial charge in [0.2, 0.25) is 0 Å². The van der Waals surface area contributed by atoms with Gasteiger partial charge >= 0.3 is 0 Å². The number of rotatable bonds is 4. The molecule has 0 saturated carbocycles. The van der Waals surface area contributed by atoms with Crippen molar-refractivity contribution in [2.45, 2.75) is 26.8 Å². The Kier molecular flexibility index (Phi) is 4.33. The summed E-state index contributed by atoms with van der Waals surface area (Å²) in [5.74, 6) is 0. The SMILES string of the molecule is Cc1cc(C)cc(C(C)Nc2ccccc2N(C)C)c1. The standard InChI is InChI=1S/C18H24N2/c1-13-10-14(2)12-16(11-13)15(3)19-17-8-6-7-9-18(17)20(4)5/h6-12,15,19H,1-5H3. The lowest BCUT2D eigenvalue weighted by molar-refractivity contribution is 0.879. The van der Waals surface area contributed by atoms with Crippen molar-refractivity contribution >= 4 is 11.4 Å². The van der Waals surface area contributed by atoms with Gasteiger partial charge in [0, 0.05) is 20.1 Å². The van der Waals surface area contributed by atoms with E-state index in [2.05, 4.69) is 87.5 Å². The van der Waals surface area contributed by atoms with Gasteiger partial charge in [-0.05, 0) is 38.5 Å². The number of hydrogen-bond acceptors (Lipinski definition) is 2. The summed E-state index contributed by atoms with van der Waals surface area (Å²) < 4.78 is 0. The molecule has 2 nitrogen and oxygen atoms in total. The quantitative estimate of drug-likeness (QED) is 0.875. The first-order valence-corrected chi connectivity index (χ1v) is 7.08. The summed E-state index contributed by atoms with van der Waals surface area (Å²) in [5, 5.41) is 3.62. The van der Waals surface area contributed by atoms with Crippen molar-refractivity contribution < 1.29 is 0 Å². The second-order valence-electron chi connectivity index (χ2n) is 5.70. The molecule has 0 fully saturated rings. The van der Waals surface area contributed by atoms with Crippen molar-refractivity contribution in [3.8, 4) is 0 Å². The Morgan fingerprint density at radius 3 is 2.15 bits per heavy atom. The van der Waals surface area contributed by atoms with Crippen LogP contribution in [0.3, 0.4) is 0 Å². The minimum absolute atomic E-state index is 0.287. The molecule has 106 valence electrons. The number of nitrogens with one attached hydrogen (secondary N) is 1. The zero-order valence-electron chi connectivity index (χ0n) is 13.1.